The molecule has 0 saturated heterocycles. The van der Waals surface area contributed by atoms with E-state index < -0.39 is 6.10 Å². The number of para-hydroxylation sites is 2. The maximum absolute atomic E-state index is 12.2. The van der Waals surface area contributed by atoms with Crippen LogP contribution < -0.4 is 5.56 Å². The van der Waals surface area contributed by atoms with Crippen molar-refractivity contribution in [2.24, 2.45) is 0 Å². The minimum Gasteiger partial charge on any atom is -0.389 e. The van der Waals surface area contributed by atoms with Gasteiger partial charge in [0.15, 0.2) is 0 Å². The first kappa shape index (κ1) is 17.7. The average Bonchev–Trinajstić information content (AvgIpc) is 3.25. The lowest BCUT2D eigenvalue weighted by atomic mass is 10.2. The molecule has 3 heterocycles. The second kappa shape index (κ2) is 6.60. The Morgan fingerprint density at radius 3 is 2.14 bits per heavy atom. The molecule has 6 heteroatoms. The molecule has 1 atom stereocenters. The Hall–Kier alpha value is -3.38. The predicted molar refractivity (Wildman–Crippen MR) is 114 cm³/mol. The lowest BCUT2D eigenvalue weighted by Crippen LogP contribution is -2.27. The first-order valence-corrected chi connectivity index (χ1v) is 9.74. The van der Waals surface area contributed by atoms with E-state index >= 15 is 0 Å². The molecule has 0 spiro atoms. The highest BCUT2D eigenvalue weighted by molar-refractivity contribution is 6.07. The Labute approximate surface area is 167 Å². The molecular formula is C23H22N4O2. The quantitative estimate of drug-likeness (QED) is 0.516. The van der Waals surface area contributed by atoms with Crippen LogP contribution in [0.1, 0.15) is 11.4 Å². The molecule has 0 radical (unpaired) electrons. The second-order valence-corrected chi connectivity index (χ2v) is 7.59. The molecule has 0 amide bonds. The van der Waals surface area contributed by atoms with Gasteiger partial charge >= 0.3 is 0 Å². The van der Waals surface area contributed by atoms with Gasteiger partial charge in [-0.15, -0.1) is 0 Å². The van der Waals surface area contributed by atoms with Crippen molar-refractivity contribution in [1.82, 2.24) is 18.7 Å². The molecule has 146 valence electrons. The molecule has 0 aliphatic heterocycles. The van der Waals surface area contributed by atoms with Gasteiger partial charge in [0.05, 0.1) is 24.9 Å². The summed E-state index contributed by atoms with van der Waals surface area (Å²) in [6.07, 6.45) is -0.630. The summed E-state index contributed by atoms with van der Waals surface area (Å²) < 4.78 is 5.53. The number of rotatable bonds is 4. The van der Waals surface area contributed by atoms with E-state index in [4.69, 9.17) is 0 Å². The molecule has 6 nitrogen and oxygen atoms in total. The maximum Gasteiger partial charge on any atom is 0.274 e. The van der Waals surface area contributed by atoms with Gasteiger partial charge in [0, 0.05) is 39.6 Å². The van der Waals surface area contributed by atoms with Crippen molar-refractivity contribution in [3.8, 4) is 0 Å². The molecule has 5 aromatic rings. The van der Waals surface area contributed by atoms with Crippen LogP contribution in [0.25, 0.3) is 27.5 Å². The highest BCUT2D eigenvalue weighted by Gasteiger charge is 2.16. The summed E-state index contributed by atoms with van der Waals surface area (Å²) in [4.78, 5) is 12.2. The molecular weight excluding hydrogens is 364 g/mol. The fourth-order valence-electron chi connectivity index (χ4n) is 4.26. The second-order valence-electron chi connectivity index (χ2n) is 7.59. The van der Waals surface area contributed by atoms with Crippen LogP contribution in [0.5, 0.6) is 0 Å². The summed E-state index contributed by atoms with van der Waals surface area (Å²) in [5.41, 5.74) is 4.35. The molecule has 29 heavy (non-hydrogen) atoms. The molecule has 2 aromatic carbocycles. The van der Waals surface area contributed by atoms with Crippen LogP contribution in [-0.2, 0) is 13.1 Å². The molecule has 3 aromatic heterocycles. The minimum atomic E-state index is -0.630. The highest BCUT2D eigenvalue weighted by atomic mass is 16.3. The summed E-state index contributed by atoms with van der Waals surface area (Å²) in [6, 6.07) is 20.0. The summed E-state index contributed by atoms with van der Waals surface area (Å²) in [5, 5.41) is 17.6. The third-order valence-corrected chi connectivity index (χ3v) is 5.52. The highest BCUT2D eigenvalue weighted by Crippen LogP contribution is 2.29. The summed E-state index contributed by atoms with van der Waals surface area (Å²) in [6.45, 7) is 4.58. The van der Waals surface area contributed by atoms with Crippen molar-refractivity contribution in [3.05, 3.63) is 82.4 Å². The number of aromatic nitrogens is 4. The van der Waals surface area contributed by atoms with Gasteiger partial charge in [-0.3, -0.25) is 4.79 Å². The number of fused-ring (bicyclic) bond motifs is 4. The standard InChI is InChI=1S/C23H22N4O2/c1-15-11-22-25(16(2)12-23(29)27(22)24-15)13-17(28)14-26-20-9-5-3-7-18(20)19-8-4-6-10-21(19)26/h3-12,17,28H,13-14H2,1-2H3/t17-/m1/s1. The Kier molecular flexibility index (Phi) is 4.03. The smallest absolute Gasteiger partial charge is 0.274 e. The molecule has 1 N–H and O–H groups in total. The Morgan fingerprint density at radius 1 is 0.897 bits per heavy atom. The van der Waals surface area contributed by atoms with E-state index in [1.807, 2.05) is 48.7 Å². The zero-order chi connectivity index (χ0) is 20.1. The number of nitrogens with zero attached hydrogens (tertiary/aromatic N) is 4. The van der Waals surface area contributed by atoms with E-state index in [0.29, 0.717) is 18.7 Å². The van der Waals surface area contributed by atoms with Crippen LogP contribution in [0.4, 0.5) is 0 Å². The number of hydrogen-bond acceptors (Lipinski definition) is 3. The summed E-state index contributed by atoms with van der Waals surface area (Å²) in [7, 11) is 0. The van der Waals surface area contributed by atoms with Gasteiger partial charge in [0.1, 0.15) is 5.65 Å². The first-order chi connectivity index (χ1) is 14.0. The van der Waals surface area contributed by atoms with Crippen molar-refractivity contribution < 1.29 is 5.11 Å². The Bertz CT molecular complexity index is 1370. The fourth-order valence-corrected chi connectivity index (χ4v) is 4.26. The Balaban J connectivity index is 1.56. The van der Waals surface area contributed by atoms with Crippen LogP contribution in [0.15, 0.2) is 65.5 Å². The van der Waals surface area contributed by atoms with E-state index in [-0.39, 0.29) is 5.56 Å². The van der Waals surface area contributed by atoms with E-state index in [1.54, 1.807) is 6.07 Å². The zero-order valence-electron chi connectivity index (χ0n) is 16.4. The molecule has 0 aliphatic rings. The lowest BCUT2D eigenvalue weighted by Gasteiger charge is -2.18. The van der Waals surface area contributed by atoms with Gasteiger partial charge in [-0.2, -0.15) is 9.61 Å². The van der Waals surface area contributed by atoms with Gasteiger partial charge in [0.25, 0.3) is 5.56 Å². The topological polar surface area (TPSA) is 64.5 Å². The molecule has 0 bridgehead atoms. The van der Waals surface area contributed by atoms with Gasteiger partial charge in [-0.05, 0) is 26.0 Å². The first-order valence-electron chi connectivity index (χ1n) is 9.74. The van der Waals surface area contributed by atoms with Crippen LogP contribution in [0, 0.1) is 13.8 Å². The van der Waals surface area contributed by atoms with Gasteiger partial charge < -0.3 is 14.2 Å². The molecule has 0 fully saturated rings. The summed E-state index contributed by atoms with van der Waals surface area (Å²) >= 11 is 0. The Morgan fingerprint density at radius 2 is 1.48 bits per heavy atom. The van der Waals surface area contributed by atoms with Crippen molar-refractivity contribution >= 4 is 27.5 Å². The van der Waals surface area contributed by atoms with E-state index in [1.165, 1.54) is 15.3 Å². The van der Waals surface area contributed by atoms with Gasteiger partial charge in [0.2, 0.25) is 0 Å². The molecule has 5 rings (SSSR count). The zero-order valence-corrected chi connectivity index (χ0v) is 16.4. The van der Waals surface area contributed by atoms with E-state index in [2.05, 4.69) is 33.9 Å². The van der Waals surface area contributed by atoms with Crippen LogP contribution >= 0.6 is 0 Å². The lowest BCUT2D eigenvalue weighted by molar-refractivity contribution is 0.137. The SMILES string of the molecule is Cc1cc2n(C[C@@H](O)Cn3c4ccccc4c4ccccc43)c(C)cc(=O)n2n1. The summed E-state index contributed by atoms with van der Waals surface area (Å²) in [5.74, 6) is 0. The van der Waals surface area contributed by atoms with E-state index in [0.717, 1.165) is 22.4 Å². The van der Waals surface area contributed by atoms with E-state index in [9.17, 15) is 9.90 Å². The van der Waals surface area contributed by atoms with Crippen molar-refractivity contribution in [2.75, 3.05) is 0 Å². The maximum atomic E-state index is 12.2. The number of aliphatic hydroxyl groups is 1. The van der Waals surface area contributed by atoms with Crippen molar-refractivity contribution in [3.63, 3.8) is 0 Å². The average molecular weight is 386 g/mol. The molecule has 0 unspecified atom stereocenters. The number of aliphatic hydroxyl groups excluding tert-OH is 1. The monoisotopic (exact) mass is 386 g/mol. The largest absolute Gasteiger partial charge is 0.389 e. The van der Waals surface area contributed by atoms with Crippen LogP contribution in [0.2, 0.25) is 0 Å². The number of aryl methyl sites for hydroxylation is 2. The van der Waals surface area contributed by atoms with Crippen molar-refractivity contribution in [2.45, 2.75) is 33.0 Å². The van der Waals surface area contributed by atoms with Gasteiger partial charge in [-0.25, -0.2) is 0 Å². The molecule has 0 aliphatic carbocycles. The van der Waals surface area contributed by atoms with Gasteiger partial charge in [-0.1, -0.05) is 36.4 Å². The van der Waals surface area contributed by atoms with Crippen molar-refractivity contribution in [1.29, 1.82) is 0 Å². The third-order valence-electron chi connectivity index (χ3n) is 5.52. The van der Waals surface area contributed by atoms with Crippen LogP contribution in [0.3, 0.4) is 0 Å². The minimum absolute atomic E-state index is 0.154. The predicted octanol–water partition coefficient (Wildman–Crippen LogP) is 3.28. The fraction of sp³-hybridized carbons (Fsp3) is 0.217. The van der Waals surface area contributed by atoms with Crippen LogP contribution in [-0.4, -0.2) is 30.0 Å². The number of hydrogen-bond donors (Lipinski definition) is 1. The normalized spacial score (nSPS) is 12.9. The number of benzene rings is 2. The molecule has 0 saturated carbocycles. The third kappa shape index (κ3) is 2.84.